The molecule has 0 aliphatic heterocycles. The molecule has 1 aromatic heterocycles. The molecule has 0 saturated carbocycles. The van der Waals surface area contributed by atoms with Gasteiger partial charge in [-0.1, -0.05) is 6.08 Å². The highest BCUT2D eigenvalue weighted by molar-refractivity contribution is 5.56. The molecule has 1 heterocycles. The topological polar surface area (TPSA) is 61.6 Å². The zero-order chi connectivity index (χ0) is 12.1. The van der Waals surface area contributed by atoms with Gasteiger partial charge in [0.15, 0.2) is 5.82 Å². The summed E-state index contributed by atoms with van der Waals surface area (Å²) in [4.78, 5) is 0. The summed E-state index contributed by atoms with van der Waals surface area (Å²) in [5, 5.41) is 20.3. The molecule has 0 aromatic carbocycles. The Morgan fingerprint density at radius 2 is 2.19 bits per heavy atom. The Kier molecular flexibility index (Phi) is 4.01. The smallest absolute Gasteiger partial charge is 0.167 e. The number of nitrogens with one attached hydrogen (secondary N) is 1. The monoisotopic (exact) mass is 216 g/mol. The maximum Gasteiger partial charge on any atom is 0.167 e. The number of hydrogen-bond acceptors (Lipinski definition) is 4. The van der Waals surface area contributed by atoms with Crippen molar-refractivity contribution in [2.24, 2.45) is 0 Å². The van der Waals surface area contributed by atoms with E-state index in [2.05, 4.69) is 28.2 Å². The van der Waals surface area contributed by atoms with Crippen LogP contribution in [0.1, 0.15) is 30.2 Å². The van der Waals surface area contributed by atoms with Crippen LogP contribution in [0.2, 0.25) is 0 Å². The summed E-state index contributed by atoms with van der Waals surface area (Å²) >= 11 is 0. The summed E-state index contributed by atoms with van der Waals surface area (Å²) in [6, 6.07) is 2.36. The second kappa shape index (κ2) is 5.26. The summed E-state index contributed by atoms with van der Waals surface area (Å²) in [6.45, 7) is 9.42. The molecule has 1 aromatic rings. The third kappa shape index (κ3) is 2.57. The van der Waals surface area contributed by atoms with E-state index in [9.17, 15) is 0 Å². The zero-order valence-electron chi connectivity index (χ0n) is 9.91. The van der Waals surface area contributed by atoms with E-state index >= 15 is 0 Å². The van der Waals surface area contributed by atoms with E-state index in [4.69, 9.17) is 5.26 Å². The van der Waals surface area contributed by atoms with Crippen LogP contribution >= 0.6 is 0 Å². The lowest BCUT2D eigenvalue weighted by atomic mass is 10.1. The molecule has 1 unspecified atom stereocenters. The Bertz CT molecular complexity index is 431. The minimum Gasteiger partial charge on any atom is -0.365 e. The number of nitrogens with zero attached hydrogens (tertiary/aromatic N) is 3. The van der Waals surface area contributed by atoms with Crippen LogP contribution in [0.25, 0.3) is 0 Å². The standard InChI is InChI=1S/C12H16N4/c1-5-6-8(2)14-12-11(7-13)9(3)10(4)15-16-12/h5,8H,1,6H2,2-4H3,(H,14,16). The van der Waals surface area contributed by atoms with Gasteiger partial charge in [0.05, 0.1) is 5.69 Å². The van der Waals surface area contributed by atoms with Crippen LogP contribution in [0.5, 0.6) is 0 Å². The first-order chi connectivity index (χ1) is 7.60. The number of hydrogen-bond donors (Lipinski definition) is 1. The Morgan fingerprint density at radius 3 is 2.75 bits per heavy atom. The van der Waals surface area contributed by atoms with Crippen molar-refractivity contribution in [2.45, 2.75) is 33.2 Å². The zero-order valence-corrected chi connectivity index (χ0v) is 9.91. The molecule has 84 valence electrons. The van der Waals surface area contributed by atoms with E-state index < -0.39 is 0 Å². The summed E-state index contributed by atoms with van der Waals surface area (Å²) < 4.78 is 0. The number of anilines is 1. The Labute approximate surface area is 96.0 Å². The fraction of sp³-hybridized carbons (Fsp3) is 0.417. The van der Waals surface area contributed by atoms with Gasteiger partial charge in [0.2, 0.25) is 0 Å². The van der Waals surface area contributed by atoms with Gasteiger partial charge in [-0.3, -0.25) is 0 Å². The average Bonchev–Trinajstić information content (AvgIpc) is 2.24. The molecule has 16 heavy (non-hydrogen) atoms. The van der Waals surface area contributed by atoms with Gasteiger partial charge in [0, 0.05) is 6.04 Å². The van der Waals surface area contributed by atoms with E-state index in [1.807, 2.05) is 26.8 Å². The SMILES string of the molecule is C=CCC(C)Nc1nnc(C)c(C)c1C#N. The summed E-state index contributed by atoms with van der Waals surface area (Å²) in [5.41, 5.74) is 2.24. The molecule has 0 saturated heterocycles. The van der Waals surface area contributed by atoms with Crippen LogP contribution in [-0.4, -0.2) is 16.2 Å². The molecule has 0 fully saturated rings. The number of aryl methyl sites for hydroxylation is 1. The number of aromatic nitrogens is 2. The second-order valence-electron chi connectivity index (χ2n) is 3.82. The first kappa shape index (κ1) is 12.2. The average molecular weight is 216 g/mol. The normalized spacial score (nSPS) is 11.6. The van der Waals surface area contributed by atoms with Crippen LogP contribution in [-0.2, 0) is 0 Å². The van der Waals surface area contributed by atoms with Gasteiger partial charge in [-0.05, 0) is 32.8 Å². The van der Waals surface area contributed by atoms with Crippen molar-refractivity contribution in [2.75, 3.05) is 5.32 Å². The van der Waals surface area contributed by atoms with Crippen molar-refractivity contribution in [3.8, 4) is 6.07 Å². The quantitative estimate of drug-likeness (QED) is 0.785. The highest BCUT2D eigenvalue weighted by Gasteiger charge is 2.11. The molecule has 4 nitrogen and oxygen atoms in total. The minimum absolute atomic E-state index is 0.195. The maximum absolute atomic E-state index is 9.09. The Balaban J connectivity index is 3.01. The first-order valence-corrected chi connectivity index (χ1v) is 5.21. The van der Waals surface area contributed by atoms with E-state index in [-0.39, 0.29) is 6.04 Å². The Morgan fingerprint density at radius 1 is 1.50 bits per heavy atom. The maximum atomic E-state index is 9.09. The van der Waals surface area contributed by atoms with Crippen LogP contribution < -0.4 is 5.32 Å². The van der Waals surface area contributed by atoms with Gasteiger partial charge in [0.1, 0.15) is 11.6 Å². The van der Waals surface area contributed by atoms with Gasteiger partial charge < -0.3 is 5.32 Å². The van der Waals surface area contributed by atoms with Crippen molar-refractivity contribution in [3.63, 3.8) is 0 Å². The first-order valence-electron chi connectivity index (χ1n) is 5.21. The highest BCUT2D eigenvalue weighted by atomic mass is 15.2. The van der Waals surface area contributed by atoms with Crippen molar-refractivity contribution < 1.29 is 0 Å². The molecule has 0 aliphatic carbocycles. The van der Waals surface area contributed by atoms with Gasteiger partial charge in [-0.2, -0.15) is 10.4 Å². The third-order valence-electron chi connectivity index (χ3n) is 2.47. The summed E-state index contributed by atoms with van der Waals surface area (Å²) in [7, 11) is 0. The van der Waals surface area contributed by atoms with Crippen LogP contribution in [0.4, 0.5) is 5.82 Å². The molecule has 0 radical (unpaired) electrons. The summed E-state index contributed by atoms with van der Waals surface area (Å²) in [6.07, 6.45) is 2.65. The molecule has 1 atom stereocenters. The third-order valence-corrected chi connectivity index (χ3v) is 2.47. The van der Waals surface area contributed by atoms with Crippen molar-refractivity contribution >= 4 is 5.82 Å². The van der Waals surface area contributed by atoms with E-state index in [0.29, 0.717) is 11.4 Å². The molecule has 4 heteroatoms. The Hall–Kier alpha value is -1.89. The van der Waals surface area contributed by atoms with Gasteiger partial charge >= 0.3 is 0 Å². The molecule has 0 aliphatic rings. The summed E-state index contributed by atoms with van der Waals surface area (Å²) in [5.74, 6) is 0.556. The lowest BCUT2D eigenvalue weighted by molar-refractivity contribution is 0.795. The predicted molar refractivity (Wildman–Crippen MR) is 64.1 cm³/mol. The number of nitriles is 1. The fourth-order valence-electron chi connectivity index (χ4n) is 1.39. The lowest BCUT2D eigenvalue weighted by Gasteiger charge is -2.14. The van der Waals surface area contributed by atoms with Gasteiger partial charge in [-0.15, -0.1) is 11.7 Å². The molecule has 0 spiro atoms. The number of rotatable bonds is 4. The second-order valence-corrected chi connectivity index (χ2v) is 3.82. The predicted octanol–water partition coefficient (Wildman–Crippen LogP) is 2.34. The fourth-order valence-corrected chi connectivity index (χ4v) is 1.39. The van der Waals surface area contributed by atoms with Crippen LogP contribution in [0.3, 0.4) is 0 Å². The molecular weight excluding hydrogens is 200 g/mol. The van der Waals surface area contributed by atoms with Crippen molar-refractivity contribution in [1.82, 2.24) is 10.2 Å². The van der Waals surface area contributed by atoms with E-state index in [1.54, 1.807) is 0 Å². The van der Waals surface area contributed by atoms with Crippen LogP contribution in [0.15, 0.2) is 12.7 Å². The highest BCUT2D eigenvalue weighted by Crippen LogP contribution is 2.18. The van der Waals surface area contributed by atoms with E-state index in [1.165, 1.54) is 0 Å². The van der Waals surface area contributed by atoms with Gasteiger partial charge in [0.25, 0.3) is 0 Å². The lowest BCUT2D eigenvalue weighted by Crippen LogP contribution is -2.17. The van der Waals surface area contributed by atoms with Crippen molar-refractivity contribution in [3.05, 3.63) is 29.5 Å². The van der Waals surface area contributed by atoms with Gasteiger partial charge in [-0.25, -0.2) is 0 Å². The molecule has 0 amide bonds. The molecular formula is C12H16N4. The largest absolute Gasteiger partial charge is 0.365 e. The van der Waals surface area contributed by atoms with E-state index in [0.717, 1.165) is 17.7 Å². The van der Waals surface area contributed by atoms with Crippen LogP contribution in [0, 0.1) is 25.2 Å². The minimum atomic E-state index is 0.195. The molecule has 1 rings (SSSR count). The molecule has 0 bridgehead atoms. The van der Waals surface area contributed by atoms with Crippen molar-refractivity contribution in [1.29, 1.82) is 5.26 Å². The molecule has 1 N–H and O–H groups in total.